The fourth-order valence-electron chi connectivity index (χ4n) is 2.24. The van der Waals surface area contributed by atoms with E-state index in [4.69, 9.17) is 4.74 Å². The van der Waals surface area contributed by atoms with Crippen LogP contribution in [0.3, 0.4) is 0 Å². The van der Waals surface area contributed by atoms with Gasteiger partial charge in [-0.2, -0.15) is 0 Å². The molecule has 0 saturated carbocycles. The van der Waals surface area contributed by atoms with E-state index in [0.29, 0.717) is 18.1 Å². The highest BCUT2D eigenvalue weighted by molar-refractivity contribution is 7.10. The highest BCUT2D eigenvalue weighted by Crippen LogP contribution is 2.26. The molecule has 6 nitrogen and oxygen atoms in total. The zero-order valence-corrected chi connectivity index (χ0v) is 12.7. The Bertz CT molecular complexity index is 618. The summed E-state index contributed by atoms with van der Waals surface area (Å²) in [5.41, 5.74) is 2.24. The molecule has 7 heteroatoms. The number of carbonyl (C=O) groups is 1. The molecule has 0 unspecified atom stereocenters. The average molecular weight is 304 g/mol. The number of carbonyl (C=O) groups excluding carboxylic acids is 1. The Hall–Kier alpha value is -2.15. The number of hydrogen-bond donors (Lipinski definition) is 1. The molecule has 0 bridgehead atoms. The molecular weight excluding hydrogens is 288 g/mol. The molecule has 1 aromatic carbocycles. The molecule has 3 rings (SSSR count). The summed E-state index contributed by atoms with van der Waals surface area (Å²) < 4.78 is 9.69. The lowest BCUT2D eigenvalue weighted by Crippen LogP contribution is -2.57. The van der Waals surface area contributed by atoms with E-state index in [2.05, 4.69) is 14.9 Å². The van der Waals surface area contributed by atoms with Crippen LogP contribution in [-0.4, -0.2) is 39.7 Å². The van der Waals surface area contributed by atoms with Crippen LogP contribution in [0.4, 0.5) is 9.80 Å². The molecule has 0 spiro atoms. The molecule has 2 heterocycles. The van der Waals surface area contributed by atoms with Crippen molar-refractivity contribution in [3.63, 3.8) is 0 Å². The molecule has 0 atom stereocenters. The van der Waals surface area contributed by atoms with E-state index in [9.17, 15) is 4.79 Å². The van der Waals surface area contributed by atoms with Crippen LogP contribution in [0.1, 0.15) is 11.1 Å². The Labute approximate surface area is 126 Å². The van der Waals surface area contributed by atoms with Crippen molar-refractivity contribution in [3.05, 3.63) is 35.5 Å². The maximum absolute atomic E-state index is 11.9. The number of nitrogens with one attached hydrogen (secondary N) is 1. The van der Waals surface area contributed by atoms with E-state index >= 15 is 0 Å². The van der Waals surface area contributed by atoms with Gasteiger partial charge in [0.25, 0.3) is 0 Å². The Morgan fingerprint density at radius 2 is 2.10 bits per heavy atom. The second-order valence-electron chi connectivity index (χ2n) is 5.08. The van der Waals surface area contributed by atoms with Gasteiger partial charge in [0.1, 0.15) is 16.9 Å². The smallest absolute Gasteiger partial charge is 0.322 e. The van der Waals surface area contributed by atoms with Gasteiger partial charge in [-0.1, -0.05) is 22.7 Å². The molecule has 1 aromatic heterocycles. The maximum atomic E-state index is 11.9. The fraction of sp³-hybridized carbons (Fsp3) is 0.357. The van der Waals surface area contributed by atoms with Crippen molar-refractivity contribution in [2.24, 2.45) is 0 Å². The number of aromatic nitrogens is 2. The van der Waals surface area contributed by atoms with Gasteiger partial charge < -0.3 is 9.64 Å². The normalized spacial score (nSPS) is 14.7. The number of amides is 2. The maximum Gasteiger partial charge on any atom is 0.322 e. The Morgan fingerprint density at radius 1 is 1.38 bits per heavy atom. The quantitative estimate of drug-likeness (QED) is 0.946. The van der Waals surface area contributed by atoms with Crippen LogP contribution in [0.25, 0.3) is 0 Å². The fourth-order valence-corrected chi connectivity index (χ4v) is 2.65. The number of para-hydroxylation sites is 1. The molecule has 21 heavy (non-hydrogen) atoms. The number of ether oxygens (including phenoxy) is 1. The number of urea groups is 1. The first-order chi connectivity index (χ1) is 10.1. The van der Waals surface area contributed by atoms with Crippen molar-refractivity contribution < 1.29 is 9.53 Å². The third-order valence-electron chi connectivity index (χ3n) is 3.42. The minimum Gasteiger partial charge on any atom is -0.486 e. The van der Waals surface area contributed by atoms with Crippen molar-refractivity contribution in [2.75, 3.05) is 18.4 Å². The number of benzene rings is 1. The van der Waals surface area contributed by atoms with Crippen LogP contribution >= 0.6 is 11.5 Å². The Morgan fingerprint density at radius 3 is 2.71 bits per heavy atom. The molecule has 0 radical (unpaired) electrons. The monoisotopic (exact) mass is 304 g/mol. The molecule has 2 amide bonds. The summed E-state index contributed by atoms with van der Waals surface area (Å²) in [6, 6.07) is 5.94. The highest BCUT2D eigenvalue weighted by atomic mass is 32.1. The number of hydrogen-bond acceptors (Lipinski definition) is 5. The summed E-state index contributed by atoms with van der Waals surface area (Å²) in [7, 11) is 0. The molecule has 0 aliphatic carbocycles. The topological polar surface area (TPSA) is 67.3 Å². The predicted octanol–water partition coefficient (Wildman–Crippen LogP) is 2.45. The van der Waals surface area contributed by atoms with Crippen LogP contribution in [0.5, 0.6) is 5.75 Å². The summed E-state index contributed by atoms with van der Waals surface area (Å²) >= 11 is 1.16. The first kappa shape index (κ1) is 13.8. The number of likely N-dealkylation sites (tertiary alicyclic amines) is 1. The third-order valence-corrected chi connectivity index (χ3v) is 4.00. The van der Waals surface area contributed by atoms with Crippen molar-refractivity contribution in [2.45, 2.75) is 20.0 Å². The summed E-state index contributed by atoms with van der Waals surface area (Å²) in [4.78, 5) is 13.6. The highest BCUT2D eigenvalue weighted by Gasteiger charge is 2.33. The van der Waals surface area contributed by atoms with E-state index in [-0.39, 0.29) is 12.1 Å². The van der Waals surface area contributed by atoms with E-state index in [0.717, 1.165) is 28.4 Å². The van der Waals surface area contributed by atoms with Crippen LogP contribution in [-0.2, 0) is 0 Å². The van der Waals surface area contributed by atoms with E-state index in [1.165, 1.54) is 6.20 Å². The minimum atomic E-state index is -0.137. The first-order valence-corrected chi connectivity index (χ1v) is 7.47. The second-order valence-corrected chi connectivity index (χ2v) is 5.86. The number of aryl methyl sites for hydroxylation is 2. The molecule has 1 fully saturated rings. The predicted molar refractivity (Wildman–Crippen MR) is 80.8 cm³/mol. The van der Waals surface area contributed by atoms with Gasteiger partial charge in [-0.3, -0.25) is 5.32 Å². The van der Waals surface area contributed by atoms with Crippen molar-refractivity contribution in [3.8, 4) is 5.75 Å². The summed E-state index contributed by atoms with van der Waals surface area (Å²) in [6.07, 6.45) is 1.59. The van der Waals surface area contributed by atoms with Crippen molar-refractivity contribution in [1.29, 1.82) is 0 Å². The molecule has 1 N–H and O–H groups in total. The zero-order chi connectivity index (χ0) is 14.8. The van der Waals surface area contributed by atoms with Gasteiger partial charge in [0.2, 0.25) is 0 Å². The molecular formula is C14H16N4O2S. The summed E-state index contributed by atoms with van der Waals surface area (Å²) in [6.45, 7) is 5.24. The van der Waals surface area contributed by atoms with Gasteiger partial charge >= 0.3 is 6.03 Å². The Balaban J connectivity index is 1.53. The van der Waals surface area contributed by atoms with Gasteiger partial charge in [0.05, 0.1) is 19.3 Å². The van der Waals surface area contributed by atoms with Gasteiger partial charge in [0.15, 0.2) is 0 Å². The van der Waals surface area contributed by atoms with Crippen molar-refractivity contribution >= 4 is 22.6 Å². The van der Waals surface area contributed by atoms with Gasteiger partial charge in [-0.15, -0.1) is 5.10 Å². The Kier molecular flexibility index (Phi) is 3.74. The van der Waals surface area contributed by atoms with Gasteiger partial charge in [0, 0.05) is 11.5 Å². The number of rotatable bonds is 3. The SMILES string of the molecule is Cc1cccc(C)c1OC1CN(C(=O)Nc2cnns2)C1. The first-order valence-electron chi connectivity index (χ1n) is 6.69. The largest absolute Gasteiger partial charge is 0.486 e. The lowest BCUT2D eigenvalue weighted by molar-refractivity contribution is 0.0484. The lowest BCUT2D eigenvalue weighted by atomic mass is 10.1. The average Bonchev–Trinajstić information content (AvgIpc) is 2.88. The molecule has 1 saturated heterocycles. The molecule has 2 aromatic rings. The third kappa shape index (κ3) is 2.97. The standard InChI is InChI=1S/C14H16N4O2S/c1-9-4-3-5-10(2)13(9)20-11-7-18(8-11)14(19)16-12-6-15-17-21-12/h3-6,11H,7-8H2,1-2H3,(H,16,19). The van der Waals surface area contributed by atoms with Gasteiger partial charge in [-0.25, -0.2) is 4.79 Å². The number of anilines is 1. The molecule has 110 valence electrons. The second kappa shape index (κ2) is 5.69. The summed E-state index contributed by atoms with van der Waals surface area (Å²) in [5.74, 6) is 0.925. The van der Waals surface area contributed by atoms with Gasteiger partial charge in [-0.05, 0) is 25.0 Å². The number of nitrogens with zero attached hydrogens (tertiary/aromatic N) is 3. The zero-order valence-electron chi connectivity index (χ0n) is 11.9. The molecule has 1 aliphatic rings. The van der Waals surface area contributed by atoms with Crippen molar-refractivity contribution in [1.82, 2.24) is 14.5 Å². The minimum absolute atomic E-state index is 0.0511. The van der Waals surface area contributed by atoms with Crippen LogP contribution in [0, 0.1) is 13.8 Å². The van der Waals surface area contributed by atoms with E-state index < -0.39 is 0 Å². The molecule has 1 aliphatic heterocycles. The van der Waals surface area contributed by atoms with E-state index in [1.807, 2.05) is 32.0 Å². The van der Waals surface area contributed by atoms with Crippen LogP contribution in [0.15, 0.2) is 24.4 Å². The van der Waals surface area contributed by atoms with E-state index in [1.54, 1.807) is 4.90 Å². The summed E-state index contributed by atoms with van der Waals surface area (Å²) in [5, 5.41) is 7.09. The lowest BCUT2D eigenvalue weighted by Gasteiger charge is -2.39. The van der Waals surface area contributed by atoms with Crippen LogP contribution in [0.2, 0.25) is 0 Å². The van der Waals surface area contributed by atoms with Crippen LogP contribution < -0.4 is 10.1 Å².